The molecule has 512 valence electrons. The number of esters is 1. The number of hydrogen-bond acceptors (Lipinski definition) is 7. The van der Waals surface area contributed by atoms with Gasteiger partial charge in [0, 0.05) is 12.8 Å². The Kier molecular flexibility index (Phi) is 65.7. The third-order valence-electron chi connectivity index (χ3n) is 18.0. The number of hydrogen-bond donors (Lipinski definition) is 1. The van der Waals surface area contributed by atoms with Gasteiger partial charge in [-0.05, 0) is 31.8 Å². The highest BCUT2D eigenvalue weighted by atomic mass is 31.2. The summed E-state index contributed by atoms with van der Waals surface area (Å²) in [7, 11) is 1.22. The SMILES string of the molecule is CCCCCCCCCCCC/C=C/C(OC(=O)CCCCCCCCCCCCCCCCCCCCCCCCC)C(COP(=O)([O-])OCC[N+](C)(C)C)NC(=O)CCCCCCCCCCCCCCCCCCCCCCCCCCC. The first-order valence-electron chi connectivity index (χ1n) is 38.5. The van der Waals surface area contributed by atoms with Gasteiger partial charge in [0.15, 0.2) is 0 Å². The third kappa shape index (κ3) is 67.2. The Morgan fingerprint density at radius 3 is 0.953 bits per heavy atom. The number of allylic oxidation sites excluding steroid dienone is 1. The zero-order valence-corrected chi connectivity index (χ0v) is 59.7. The summed E-state index contributed by atoms with van der Waals surface area (Å²) in [6, 6.07) is -0.881. The normalized spacial score (nSPS) is 13.4. The predicted octanol–water partition coefficient (Wildman–Crippen LogP) is 24.0. The number of amides is 1. The van der Waals surface area contributed by atoms with Crippen LogP contribution in [0.15, 0.2) is 12.2 Å². The fraction of sp³-hybridized carbons (Fsp3) is 0.947. The molecule has 1 amide bonds. The Bertz CT molecular complexity index is 1470. The maximum Gasteiger partial charge on any atom is 0.306 e. The number of nitrogens with zero attached hydrogens (tertiary/aromatic N) is 1. The van der Waals surface area contributed by atoms with E-state index in [-0.39, 0.29) is 31.5 Å². The quantitative estimate of drug-likeness (QED) is 0.0212. The fourth-order valence-electron chi connectivity index (χ4n) is 12.1. The number of quaternary nitrogens is 1. The van der Waals surface area contributed by atoms with Gasteiger partial charge in [0.25, 0.3) is 7.82 Å². The van der Waals surface area contributed by atoms with Crippen molar-refractivity contribution in [3.63, 3.8) is 0 Å². The monoisotopic (exact) mass is 1240 g/mol. The molecule has 0 radical (unpaired) electrons. The zero-order chi connectivity index (χ0) is 62.8. The van der Waals surface area contributed by atoms with Crippen LogP contribution in [0.1, 0.15) is 412 Å². The molecule has 0 aliphatic rings. The van der Waals surface area contributed by atoms with Crippen molar-refractivity contribution in [3.05, 3.63) is 12.2 Å². The topological polar surface area (TPSA) is 114 Å². The van der Waals surface area contributed by atoms with Gasteiger partial charge in [-0.2, -0.15) is 0 Å². The molecule has 3 unspecified atom stereocenters. The van der Waals surface area contributed by atoms with Crippen molar-refractivity contribution < 1.29 is 37.3 Å². The molecule has 0 rings (SSSR count). The van der Waals surface area contributed by atoms with Gasteiger partial charge in [-0.15, -0.1) is 0 Å². The number of carbonyl (C=O) groups is 2. The van der Waals surface area contributed by atoms with Crippen LogP contribution in [0.5, 0.6) is 0 Å². The Hall–Kier alpha value is -1.25. The lowest BCUT2D eigenvalue weighted by Gasteiger charge is -2.30. The maximum absolute atomic E-state index is 13.6. The van der Waals surface area contributed by atoms with E-state index in [4.69, 9.17) is 13.8 Å². The van der Waals surface area contributed by atoms with Crippen LogP contribution in [0.4, 0.5) is 0 Å². The summed E-state index contributed by atoms with van der Waals surface area (Å²) < 4.78 is 30.5. The lowest BCUT2D eigenvalue weighted by Crippen LogP contribution is -2.47. The van der Waals surface area contributed by atoms with Crippen LogP contribution < -0.4 is 10.2 Å². The largest absolute Gasteiger partial charge is 0.756 e. The Morgan fingerprint density at radius 2 is 0.663 bits per heavy atom. The third-order valence-corrected chi connectivity index (χ3v) is 18.9. The number of unbranched alkanes of at least 4 members (excludes halogenated alkanes) is 56. The zero-order valence-electron chi connectivity index (χ0n) is 58.8. The van der Waals surface area contributed by atoms with Crippen LogP contribution in [-0.4, -0.2) is 69.4 Å². The van der Waals surface area contributed by atoms with Crippen LogP contribution in [0, 0.1) is 0 Å². The fourth-order valence-corrected chi connectivity index (χ4v) is 12.8. The molecular weight excluding hydrogens is 1080 g/mol. The summed E-state index contributed by atoms with van der Waals surface area (Å²) in [6.45, 7) is 6.94. The minimum absolute atomic E-state index is 0.0162. The Labute approximate surface area is 537 Å². The highest BCUT2D eigenvalue weighted by molar-refractivity contribution is 7.45. The molecule has 0 fully saturated rings. The smallest absolute Gasteiger partial charge is 0.306 e. The van der Waals surface area contributed by atoms with Crippen molar-refractivity contribution in [3.8, 4) is 0 Å². The molecule has 0 bridgehead atoms. The number of likely N-dealkylation sites (N-methyl/N-ethyl adjacent to an activating group) is 1. The first kappa shape index (κ1) is 84.8. The van der Waals surface area contributed by atoms with E-state index in [0.29, 0.717) is 17.4 Å². The van der Waals surface area contributed by atoms with Crippen molar-refractivity contribution in [2.24, 2.45) is 0 Å². The van der Waals surface area contributed by atoms with E-state index in [1.165, 1.54) is 321 Å². The van der Waals surface area contributed by atoms with Crippen molar-refractivity contribution in [2.45, 2.75) is 425 Å². The van der Waals surface area contributed by atoms with Crippen molar-refractivity contribution in [1.29, 1.82) is 0 Å². The average Bonchev–Trinajstić information content (AvgIpc) is 3.66. The summed E-state index contributed by atoms with van der Waals surface area (Å²) in [5.41, 5.74) is 0. The van der Waals surface area contributed by atoms with Crippen LogP contribution in [0.2, 0.25) is 0 Å². The van der Waals surface area contributed by atoms with Crippen LogP contribution in [0.25, 0.3) is 0 Å². The number of carbonyl (C=O) groups excluding carboxylic acids is 2. The van der Waals surface area contributed by atoms with Gasteiger partial charge in [0.05, 0.1) is 33.8 Å². The molecule has 0 aliphatic carbocycles. The standard InChI is InChI=1S/C76H151N2O7P/c1-7-10-13-16-19-22-25-28-30-32-34-36-38-39-41-42-44-46-48-50-53-56-59-62-65-68-75(79)77-73(72-84-86(81,82)83-71-70-78(4,5)6)74(67-64-61-58-55-52-27-24-21-18-15-12-9-3)85-76(80)69-66-63-60-57-54-51-49-47-45-43-40-37-35-33-31-29-26-23-20-17-14-11-8-2/h64,67,73-74H,7-63,65-66,68-72H2,1-6H3,(H-,77,79,81,82)/b67-64+. The summed E-state index contributed by atoms with van der Waals surface area (Å²) in [5.74, 6) is -0.510. The van der Waals surface area contributed by atoms with Gasteiger partial charge in [-0.1, -0.05) is 380 Å². The minimum atomic E-state index is -4.70. The molecule has 0 heterocycles. The van der Waals surface area contributed by atoms with Gasteiger partial charge >= 0.3 is 5.97 Å². The molecule has 0 aliphatic heterocycles. The van der Waals surface area contributed by atoms with E-state index in [1.54, 1.807) is 0 Å². The molecule has 0 aromatic heterocycles. The van der Waals surface area contributed by atoms with E-state index in [0.717, 1.165) is 57.8 Å². The molecule has 10 heteroatoms. The highest BCUT2D eigenvalue weighted by Crippen LogP contribution is 2.38. The van der Waals surface area contributed by atoms with Gasteiger partial charge in [-0.25, -0.2) is 0 Å². The second-order valence-corrected chi connectivity index (χ2v) is 29.3. The summed E-state index contributed by atoms with van der Waals surface area (Å²) in [6.07, 6.45) is 80.7. The van der Waals surface area contributed by atoms with Gasteiger partial charge in [0.2, 0.25) is 5.91 Å². The van der Waals surface area contributed by atoms with E-state index >= 15 is 0 Å². The lowest BCUT2D eigenvalue weighted by molar-refractivity contribution is -0.870. The molecule has 0 aromatic carbocycles. The second-order valence-electron chi connectivity index (χ2n) is 27.9. The molecular formula is C76H151N2O7P. The van der Waals surface area contributed by atoms with Gasteiger partial charge in [0.1, 0.15) is 19.3 Å². The van der Waals surface area contributed by atoms with E-state index in [2.05, 4.69) is 26.1 Å². The van der Waals surface area contributed by atoms with Crippen molar-refractivity contribution >= 4 is 19.7 Å². The Balaban J connectivity index is 4.92. The number of ether oxygens (including phenoxy) is 1. The second kappa shape index (κ2) is 66.7. The van der Waals surface area contributed by atoms with E-state index in [9.17, 15) is 19.0 Å². The van der Waals surface area contributed by atoms with Crippen molar-refractivity contribution in [1.82, 2.24) is 5.32 Å². The van der Waals surface area contributed by atoms with E-state index in [1.807, 2.05) is 33.3 Å². The Morgan fingerprint density at radius 1 is 0.395 bits per heavy atom. The van der Waals surface area contributed by atoms with Crippen molar-refractivity contribution in [2.75, 3.05) is 40.9 Å². The molecule has 0 aromatic rings. The van der Waals surface area contributed by atoms with Gasteiger partial charge < -0.3 is 28.5 Å². The minimum Gasteiger partial charge on any atom is -0.756 e. The molecule has 3 atom stereocenters. The van der Waals surface area contributed by atoms with Crippen LogP contribution in [0.3, 0.4) is 0 Å². The number of phosphoric ester groups is 1. The summed E-state index contributed by atoms with van der Waals surface area (Å²) in [5, 5.41) is 3.06. The van der Waals surface area contributed by atoms with Gasteiger partial charge in [-0.3, -0.25) is 14.2 Å². The first-order chi connectivity index (χ1) is 41.9. The molecule has 0 saturated heterocycles. The number of nitrogens with one attached hydrogen (secondary N) is 1. The number of rotatable bonds is 72. The maximum atomic E-state index is 13.6. The summed E-state index contributed by atoms with van der Waals surface area (Å²) in [4.78, 5) is 40.3. The van der Waals surface area contributed by atoms with Crippen LogP contribution >= 0.6 is 7.82 Å². The predicted molar refractivity (Wildman–Crippen MR) is 372 cm³/mol. The lowest BCUT2D eigenvalue weighted by atomic mass is 10.0. The summed E-state index contributed by atoms with van der Waals surface area (Å²) >= 11 is 0. The highest BCUT2D eigenvalue weighted by Gasteiger charge is 2.27. The molecule has 0 saturated carbocycles. The molecule has 0 spiro atoms. The molecule has 9 nitrogen and oxygen atoms in total. The number of phosphoric acid groups is 1. The molecule has 1 N–H and O–H groups in total. The first-order valence-corrected chi connectivity index (χ1v) is 40.0. The van der Waals surface area contributed by atoms with Crippen LogP contribution in [-0.2, 0) is 27.9 Å². The van der Waals surface area contributed by atoms with E-state index < -0.39 is 20.0 Å². The average molecular weight is 1240 g/mol. The molecule has 86 heavy (non-hydrogen) atoms.